The summed E-state index contributed by atoms with van der Waals surface area (Å²) in [6.45, 7) is 4.61. The number of nitrogens with zero attached hydrogens (tertiary/aromatic N) is 3. The van der Waals surface area contributed by atoms with Crippen LogP contribution in [0.2, 0.25) is 0 Å². The fourth-order valence-corrected chi connectivity index (χ4v) is 8.06. The van der Waals surface area contributed by atoms with Gasteiger partial charge in [0.25, 0.3) is 0 Å². The summed E-state index contributed by atoms with van der Waals surface area (Å²) in [6, 6.07) is 62.7. The third-order valence-electron chi connectivity index (χ3n) is 10.9. The zero-order valence-electron chi connectivity index (χ0n) is 29.6. The van der Waals surface area contributed by atoms with Crippen molar-refractivity contribution in [2.45, 2.75) is 19.3 Å². The summed E-state index contributed by atoms with van der Waals surface area (Å²) in [5.41, 5.74) is 12.5. The lowest BCUT2D eigenvalue weighted by molar-refractivity contribution is 0.660. The molecule has 10 rings (SSSR count). The molecule has 53 heavy (non-hydrogen) atoms. The highest BCUT2D eigenvalue weighted by atomic mass is 15.0. The van der Waals surface area contributed by atoms with Crippen LogP contribution in [0.1, 0.15) is 25.0 Å². The first-order chi connectivity index (χ1) is 26.0. The summed E-state index contributed by atoms with van der Waals surface area (Å²) in [6.07, 6.45) is 0. The van der Waals surface area contributed by atoms with Crippen LogP contribution in [0.15, 0.2) is 176 Å². The van der Waals surface area contributed by atoms with E-state index in [0.29, 0.717) is 17.5 Å². The molecule has 0 aliphatic heterocycles. The van der Waals surface area contributed by atoms with Crippen molar-refractivity contribution < 1.29 is 0 Å². The molecular formula is C50H35N3. The van der Waals surface area contributed by atoms with Crippen LogP contribution in [0.25, 0.3) is 89.1 Å². The van der Waals surface area contributed by atoms with E-state index in [1.807, 2.05) is 0 Å². The smallest absolute Gasteiger partial charge is 0.164 e. The molecule has 250 valence electrons. The Balaban J connectivity index is 1.09. The van der Waals surface area contributed by atoms with Gasteiger partial charge in [0, 0.05) is 22.1 Å². The molecule has 0 saturated heterocycles. The molecule has 1 heterocycles. The fourth-order valence-electron chi connectivity index (χ4n) is 8.06. The molecular weight excluding hydrogens is 643 g/mol. The first-order valence-corrected chi connectivity index (χ1v) is 18.2. The first-order valence-electron chi connectivity index (χ1n) is 18.2. The van der Waals surface area contributed by atoms with E-state index >= 15 is 0 Å². The molecule has 0 radical (unpaired) electrons. The Bertz CT molecular complexity index is 2710. The number of aromatic nitrogens is 3. The maximum absolute atomic E-state index is 5.21. The Morgan fingerprint density at radius 1 is 0.321 bits per heavy atom. The van der Waals surface area contributed by atoms with Crippen LogP contribution in [0.3, 0.4) is 0 Å². The molecule has 0 unspecified atom stereocenters. The van der Waals surface area contributed by atoms with Gasteiger partial charge in [-0.2, -0.15) is 0 Å². The predicted molar refractivity (Wildman–Crippen MR) is 220 cm³/mol. The van der Waals surface area contributed by atoms with Gasteiger partial charge in [0.05, 0.1) is 0 Å². The molecule has 1 aliphatic carbocycles. The van der Waals surface area contributed by atoms with Crippen LogP contribution in [0, 0.1) is 0 Å². The Morgan fingerprint density at radius 3 is 1.30 bits per heavy atom. The average Bonchev–Trinajstić information content (AvgIpc) is 3.46. The van der Waals surface area contributed by atoms with Crippen LogP contribution < -0.4 is 0 Å². The molecule has 0 fully saturated rings. The summed E-state index contributed by atoms with van der Waals surface area (Å²) in [7, 11) is 0. The summed E-state index contributed by atoms with van der Waals surface area (Å²) in [4.78, 5) is 15.6. The molecule has 1 aromatic heterocycles. The lowest BCUT2D eigenvalue weighted by atomic mass is 9.82. The van der Waals surface area contributed by atoms with Gasteiger partial charge in [-0.1, -0.05) is 178 Å². The van der Waals surface area contributed by atoms with Gasteiger partial charge in [0.1, 0.15) is 0 Å². The minimum absolute atomic E-state index is 0.127. The first kappa shape index (κ1) is 31.1. The molecule has 0 N–H and O–H groups in total. The highest BCUT2D eigenvalue weighted by Crippen LogP contribution is 2.51. The summed E-state index contributed by atoms with van der Waals surface area (Å²) < 4.78 is 0. The minimum Gasteiger partial charge on any atom is -0.208 e. The van der Waals surface area contributed by atoms with Crippen LogP contribution in [-0.4, -0.2) is 15.0 Å². The molecule has 9 aromatic rings. The Labute approximate surface area is 309 Å². The number of hydrogen-bond acceptors (Lipinski definition) is 3. The van der Waals surface area contributed by atoms with Gasteiger partial charge >= 0.3 is 0 Å². The van der Waals surface area contributed by atoms with Gasteiger partial charge in [-0.3, -0.25) is 0 Å². The maximum atomic E-state index is 5.21. The SMILES string of the molecule is CC1(C)c2ccccc2-c2c(-c3nc(-c4ccc(-c5ccc6ccccc6c5)cc4)nc(-c4ccc(-c5ccc6ccccc6c5)cc4)n3)cccc21. The van der Waals surface area contributed by atoms with Crippen molar-refractivity contribution in [1.82, 2.24) is 15.0 Å². The summed E-state index contributed by atoms with van der Waals surface area (Å²) >= 11 is 0. The highest BCUT2D eigenvalue weighted by Gasteiger charge is 2.37. The van der Waals surface area contributed by atoms with E-state index in [1.54, 1.807) is 0 Å². The van der Waals surface area contributed by atoms with Gasteiger partial charge in [0.15, 0.2) is 17.5 Å². The molecule has 8 aromatic carbocycles. The number of hydrogen-bond donors (Lipinski definition) is 0. The molecule has 0 amide bonds. The predicted octanol–water partition coefficient (Wildman–Crippen LogP) is 12.8. The Hall–Kier alpha value is -6.71. The third kappa shape index (κ3) is 5.32. The second-order valence-electron chi connectivity index (χ2n) is 14.5. The van der Waals surface area contributed by atoms with Crippen molar-refractivity contribution in [3.05, 3.63) is 187 Å². The van der Waals surface area contributed by atoms with Gasteiger partial charge in [-0.25, -0.2) is 15.0 Å². The van der Waals surface area contributed by atoms with Crippen molar-refractivity contribution >= 4 is 21.5 Å². The fraction of sp³-hybridized carbons (Fsp3) is 0.0600. The van der Waals surface area contributed by atoms with Crippen LogP contribution in [0.5, 0.6) is 0 Å². The van der Waals surface area contributed by atoms with Gasteiger partial charge < -0.3 is 0 Å². The largest absolute Gasteiger partial charge is 0.208 e. The van der Waals surface area contributed by atoms with Crippen LogP contribution >= 0.6 is 0 Å². The highest BCUT2D eigenvalue weighted by molar-refractivity contribution is 5.92. The number of rotatable bonds is 5. The zero-order chi connectivity index (χ0) is 35.5. The molecule has 1 aliphatic rings. The second kappa shape index (κ2) is 12.2. The van der Waals surface area contributed by atoms with E-state index in [-0.39, 0.29) is 5.41 Å². The van der Waals surface area contributed by atoms with E-state index in [1.165, 1.54) is 54.9 Å². The minimum atomic E-state index is -0.127. The maximum Gasteiger partial charge on any atom is 0.164 e. The van der Waals surface area contributed by atoms with E-state index in [4.69, 9.17) is 15.0 Å². The normalized spacial score (nSPS) is 12.9. The summed E-state index contributed by atoms with van der Waals surface area (Å²) in [5, 5.41) is 4.93. The van der Waals surface area contributed by atoms with E-state index in [2.05, 4.69) is 190 Å². The van der Waals surface area contributed by atoms with Gasteiger partial charge in [-0.15, -0.1) is 0 Å². The number of benzene rings is 8. The Kier molecular flexibility index (Phi) is 7.16. The molecule has 3 nitrogen and oxygen atoms in total. The van der Waals surface area contributed by atoms with Crippen molar-refractivity contribution in [3.63, 3.8) is 0 Å². The second-order valence-corrected chi connectivity index (χ2v) is 14.5. The monoisotopic (exact) mass is 677 g/mol. The lowest BCUT2D eigenvalue weighted by Gasteiger charge is -2.21. The van der Waals surface area contributed by atoms with E-state index in [9.17, 15) is 0 Å². The molecule has 3 heteroatoms. The Morgan fingerprint density at radius 2 is 0.736 bits per heavy atom. The van der Waals surface area contributed by atoms with Gasteiger partial charge in [-0.05, 0) is 78.2 Å². The number of fused-ring (bicyclic) bond motifs is 5. The van der Waals surface area contributed by atoms with Crippen molar-refractivity contribution in [3.8, 4) is 67.5 Å². The lowest BCUT2D eigenvalue weighted by Crippen LogP contribution is -2.14. The molecule has 0 saturated carbocycles. The quantitative estimate of drug-likeness (QED) is 0.182. The zero-order valence-corrected chi connectivity index (χ0v) is 29.6. The van der Waals surface area contributed by atoms with Crippen molar-refractivity contribution in [2.24, 2.45) is 0 Å². The van der Waals surface area contributed by atoms with Crippen LogP contribution in [0.4, 0.5) is 0 Å². The van der Waals surface area contributed by atoms with Crippen molar-refractivity contribution in [2.75, 3.05) is 0 Å². The molecule has 0 spiro atoms. The topological polar surface area (TPSA) is 38.7 Å². The third-order valence-corrected chi connectivity index (χ3v) is 10.9. The van der Waals surface area contributed by atoms with Gasteiger partial charge in [0.2, 0.25) is 0 Å². The molecule has 0 atom stereocenters. The summed E-state index contributed by atoms with van der Waals surface area (Å²) in [5.74, 6) is 1.97. The van der Waals surface area contributed by atoms with E-state index < -0.39 is 0 Å². The molecule has 0 bridgehead atoms. The average molecular weight is 678 g/mol. The van der Waals surface area contributed by atoms with Crippen LogP contribution in [-0.2, 0) is 5.41 Å². The van der Waals surface area contributed by atoms with E-state index in [0.717, 1.165) is 27.8 Å². The van der Waals surface area contributed by atoms with Crippen molar-refractivity contribution in [1.29, 1.82) is 0 Å². The standard InChI is InChI=1S/C50H35N3/c1-50(2)44-16-8-7-14-42(44)46-43(15-9-17-45(46)50)49-52-47(36-24-18-34(19-25-36)40-28-22-32-10-3-5-12-38(32)30-40)51-48(53-49)37-26-20-35(21-27-37)41-29-23-33-11-4-6-13-39(33)31-41/h3-31H,1-2H3.